The zero-order valence-corrected chi connectivity index (χ0v) is 47.3. The molecule has 10 heteroatoms. The molecule has 5 fully saturated rings. The van der Waals surface area contributed by atoms with Crippen LogP contribution in [0.25, 0.3) is 0 Å². The lowest BCUT2D eigenvalue weighted by molar-refractivity contribution is -0.137. The van der Waals surface area contributed by atoms with Gasteiger partial charge >= 0.3 is 0 Å². The van der Waals surface area contributed by atoms with Crippen LogP contribution in [0.5, 0.6) is 0 Å². The molecule has 3 unspecified atom stereocenters. The normalized spacial score (nSPS) is 21.2. The highest BCUT2D eigenvalue weighted by Crippen LogP contribution is 2.27. The van der Waals surface area contributed by atoms with Gasteiger partial charge < -0.3 is 24.5 Å². The second-order valence-corrected chi connectivity index (χ2v) is 23.4. The van der Waals surface area contributed by atoms with Gasteiger partial charge in [0, 0.05) is 97.6 Å². The molecule has 0 spiro atoms. The standard InChI is InChI=1S/C13H25NO.2C12H23NO.C11H21NO.C10H19NO/c1-4-13(15)14-8-6-5-7-12(10-14)9-11(2)3;1-4-12(14)13-7-5-11(6-8-13)9-10(2)3;1-4-12(14)13-7-5-6-11(9-13)8-10(2)3;1-4-11(13)12-6-5-10(8-12)7-9(2)3;1-4-10(12)11-6-9(7-11)5-8(2)3/h11-12H,4-10H2,1-3H3;2*10-11H,4-9H2,1-3H3;9-10H,4-8H2,1-3H3;8-9H,4-7H2,1-3H3. The molecule has 398 valence electrons. The van der Waals surface area contributed by atoms with E-state index in [1.165, 1.54) is 83.5 Å². The first-order valence-electron chi connectivity index (χ1n) is 28.5. The quantitative estimate of drug-likeness (QED) is 0.163. The van der Waals surface area contributed by atoms with Crippen molar-refractivity contribution in [2.24, 2.45) is 59.2 Å². The van der Waals surface area contributed by atoms with Crippen LogP contribution in [-0.4, -0.2) is 119 Å². The van der Waals surface area contributed by atoms with Crippen LogP contribution in [-0.2, 0) is 24.0 Å². The summed E-state index contributed by atoms with van der Waals surface area (Å²) in [5.41, 5.74) is 0. The fourth-order valence-corrected chi connectivity index (χ4v) is 11.2. The molecule has 5 aliphatic heterocycles. The minimum atomic E-state index is 0.315. The Morgan fingerprint density at radius 1 is 0.309 bits per heavy atom. The number of hydrogen-bond donors (Lipinski definition) is 0. The molecule has 0 aromatic heterocycles. The van der Waals surface area contributed by atoms with Crippen LogP contribution in [0.15, 0.2) is 0 Å². The first-order valence-corrected chi connectivity index (χ1v) is 28.5. The third-order valence-corrected chi connectivity index (χ3v) is 14.4. The van der Waals surface area contributed by atoms with E-state index in [1.807, 2.05) is 49.3 Å². The van der Waals surface area contributed by atoms with Crippen molar-refractivity contribution in [1.82, 2.24) is 24.5 Å². The molecule has 0 aliphatic carbocycles. The average molecular weight is 959 g/mol. The number of hydrogen-bond acceptors (Lipinski definition) is 5. The van der Waals surface area contributed by atoms with Crippen LogP contribution in [0.1, 0.15) is 219 Å². The van der Waals surface area contributed by atoms with Gasteiger partial charge in [0.05, 0.1) is 0 Å². The zero-order chi connectivity index (χ0) is 51.3. The Labute approximate surface area is 420 Å². The van der Waals surface area contributed by atoms with Crippen molar-refractivity contribution < 1.29 is 24.0 Å². The molecule has 10 nitrogen and oxygen atoms in total. The third-order valence-electron chi connectivity index (χ3n) is 14.4. The molecule has 5 saturated heterocycles. The highest BCUT2D eigenvalue weighted by molar-refractivity contribution is 5.77. The molecule has 0 radical (unpaired) electrons. The Hall–Kier alpha value is -2.65. The van der Waals surface area contributed by atoms with Gasteiger partial charge in [0.1, 0.15) is 0 Å². The summed E-state index contributed by atoms with van der Waals surface area (Å²) in [5, 5.41) is 0. The predicted molar refractivity (Wildman–Crippen MR) is 286 cm³/mol. The number of nitrogens with zero attached hydrogens (tertiary/aromatic N) is 5. The van der Waals surface area contributed by atoms with Gasteiger partial charge in [0.2, 0.25) is 29.5 Å². The van der Waals surface area contributed by atoms with E-state index >= 15 is 0 Å². The molecule has 5 aliphatic rings. The maximum Gasteiger partial charge on any atom is 0.222 e. The SMILES string of the molecule is CCC(=O)N1CC(CC(C)C)C1.CCC(=O)N1CCC(CC(C)C)C1.CCC(=O)N1CCC(CC(C)C)CC1.CCC(=O)N1CCCC(CC(C)C)C1.CCC(=O)N1CCCCC(CC(C)C)C1. The molecule has 68 heavy (non-hydrogen) atoms. The fraction of sp³-hybridized carbons (Fsp3) is 0.914. The molecule has 5 rings (SSSR count). The van der Waals surface area contributed by atoms with E-state index in [0.29, 0.717) is 61.6 Å². The van der Waals surface area contributed by atoms with E-state index in [1.54, 1.807) is 0 Å². The molecule has 0 aromatic rings. The summed E-state index contributed by atoms with van der Waals surface area (Å²) in [6.07, 6.45) is 19.7. The van der Waals surface area contributed by atoms with Crippen LogP contribution < -0.4 is 0 Å². The molecule has 0 saturated carbocycles. The zero-order valence-electron chi connectivity index (χ0n) is 47.3. The fourth-order valence-electron chi connectivity index (χ4n) is 11.2. The smallest absolute Gasteiger partial charge is 0.222 e. The summed E-state index contributed by atoms with van der Waals surface area (Å²) in [7, 11) is 0. The number of carbonyl (C=O) groups excluding carboxylic acids is 5. The van der Waals surface area contributed by atoms with Crippen molar-refractivity contribution in [3.8, 4) is 0 Å². The lowest BCUT2D eigenvalue weighted by atomic mass is 9.88. The summed E-state index contributed by atoms with van der Waals surface area (Å²) < 4.78 is 0. The minimum Gasteiger partial charge on any atom is -0.343 e. The van der Waals surface area contributed by atoms with Gasteiger partial charge in [0.25, 0.3) is 0 Å². The van der Waals surface area contributed by atoms with E-state index in [2.05, 4.69) is 79.0 Å². The largest absolute Gasteiger partial charge is 0.343 e. The molecule has 3 atom stereocenters. The van der Waals surface area contributed by atoms with E-state index in [9.17, 15) is 24.0 Å². The van der Waals surface area contributed by atoms with Crippen molar-refractivity contribution in [1.29, 1.82) is 0 Å². The topological polar surface area (TPSA) is 102 Å². The minimum absolute atomic E-state index is 0.315. The van der Waals surface area contributed by atoms with E-state index in [4.69, 9.17) is 0 Å². The molecular weight excluding hydrogens is 847 g/mol. The third kappa shape index (κ3) is 27.1. The summed E-state index contributed by atoms with van der Waals surface area (Å²) in [6.45, 7) is 42.3. The summed E-state index contributed by atoms with van der Waals surface area (Å²) in [4.78, 5) is 67.3. The molecule has 5 heterocycles. The monoisotopic (exact) mass is 958 g/mol. The van der Waals surface area contributed by atoms with Gasteiger partial charge in [-0.2, -0.15) is 0 Å². The second kappa shape index (κ2) is 35.5. The predicted octanol–water partition coefficient (Wildman–Crippen LogP) is 12.6. The maximum atomic E-state index is 11.7. The lowest BCUT2D eigenvalue weighted by Gasteiger charge is -2.40. The van der Waals surface area contributed by atoms with Crippen molar-refractivity contribution in [2.75, 3.05) is 65.4 Å². The van der Waals surface area contributed by atoms with Gasteiger partial charge in [0.15, 0.2) is 0 Å². The van der Waals surface area contributed by atoms with Crippen molar-refractivity contribution in [3.63, 3.8) is 0 Å². The Balaban J connectivity index is 0.000000426. The molecule has 0 N–H and O–H groups in total. The molecule has 0 bridgehead atoms. The average Bonchev–Trinajstić information content (AvgIpc) is 3.62. The van der Waals surface area contributed by atoms with Gasteiger partial charge in [-0.05, 0) is 136 Å². The van der Waals surface area contributed by atoms with E-state index < -0.39 is 0 Å². The summed E-state index contributed by atoms with van der Waals surface area (Å²) >= 11 is 0. The first-order chi connectivity index (χ1) is 32.2. The highest BCUT2D eigenvalue weighted by atomic mass is 16.2. The van der Waals surface area contributed by atoms with Crippen LogP contribution in [0.3, 0.4) is 0 Å². The van der Waals surface area contributed by atoms with Gasteiger partial charge in [-0.1, -0.05) is 110 Å². The van der Waals surface area contributed by atoms with E-state index in [0.717, 1.165) is 125 Å². The van der Waals surface area contributed by atoms with Gasteiger partial charge in [-0.3, -0.25) is 24.0 Å². The van der Waals surface area contributed by atoms with Crippen LogP contribution in [0, 0.1) is 59.2 Å². The van der Waals surface area contributed by atoms with Crippen molar-refractivity contribution >= 4 is 29.5 Å². The Bertz CT molecular complexity index is 1380. The first kappa shape index (κ1) is 63.4. The molecular formula is C58H111N5O5. The Kier molecular flexibility index (Phi) is 33.0. The van der Waals surface area contributed by atoms with Gasteiger partial charge in [-0.25, -0.2) is 0 Å². The van der Waals surface area contributed by atoms with Crippen LogP contribution in [0.2, 0.25) is 0 Å². The van der Waals surface area contributed by atoms with Crippen LogP contribution >= 0.6 is 0 Å². The Morgan fingerprint density at radius 2 is 0.574 bits per heavy atom. The maximum absolute atomic E-state index is 11.7. The highest BCUT2D eigenvalue weighted by Gasteiger charge is 2.30. The molecule has 5 amide bonds. The second-order valence-electron chi connectivity index (χ2n) is 23.4. The summed E-state index contributed by atoms with van der Waals surface area (Å²) in [6, 6.07) is 0. The number of rotatable bonds is 15. The van der Waals surface area contributed by atoms with Crippen LogP contribution in [0.4, 0.5) is 0 Å². The summed E-state index contributed by atoms with van der Waals surface area (Å²) in [5.74, 6) is 9.37. The number of amides is 5. The van der Waals surface area contributed by atoms with Gasteiger partial charge in [-0.15, -0.1) is 0 Å². The van der Waals surface area contributed by atoms with Crippen molar-refractivity contribution in [2.45, 2.75) is 219 Å². The number of carbonyl (C=O) groups is 5. The van der Waals surface area contributed by atoms with Crippen molar-refractivity contribution in [3.05, 3.63) is 0 Å². The van der Waals surface area contributed by atoms with E-state index in [-0.39, 0.29) is 0 Å². The number of likely N-dealkylation sites (tertiary alicyclic amines) is 5. The Morgan fingerprint density at radius 3 is 0.971 bits per heavy atom. The lowest BCUT2D eigenvalue weighted by Crippen LogP contribution is -2.50. The number of piperidine rings is 2. The molecule has 0 aromatic carbocycles.